The van der Waals surface area contributed by atoms with Crippen LogP contribution in [0, 0.1) is 0 Å². The second-order valence-electron chi connectivity index (χ2n) is 4.35. The van der Waals surface area contributed by atoms with Gasteiger partial charge in [0.05, 0.1) is 19.0 Å². The van der Waals surface area contributed by atoms with Gasteiger partial charge in [-0.2, -0.15) is 5.10 Å². The number of rotatable bonds is 6. The molecule has 0 aliphatic rings. The summed E-state index contributed by atoms with van der Waals surface area (Å²) >= 11 is 0. The zero-order chi connectivity index (χ0) is 14.5. The van der Waals surface area contributed by atoms with E-state index in [4.69, 9.17) is 9.47 Å². The molecule has 0 unspecified atom stereocenters. The maximum Gasteiger partial charge on any atom is 0.227 e. The molecule has 7 heteroatoms. The summed E-state index contributed by atoms with van der Waals surface area (Å²) in [5, 5.41) is 9.86. The van der Waals surface area contributed by atoms with Crippen LogP contribution in [0.5, 0.6) is 5.75 Å². The van der Waals surface area contributed by atoms with Crippen molar-refractivity contribution in [3.8, 4) is 5.75 Å². The fourth-order valence-corrected chi connectivity index (χ4v) is 1.81. The highest BCUT2D eigenvalue weighted by Crippen LogP contribution is 2.19. The Morgan fingerprint density at radius 1 is 1.14 bits per heavy atom. The highest BCUT2D eigenvalue weighted by molar-refractivity contribution is 5.73. The van der Waals surface area contributed by atoms with E-state index in [1.165, 1.54) is 0 Å². The Balaban J connectivity index is 1.66. The summed E-state index contributed by atoms with van der Waals surface area (Å²) in [6, 6.07) is 7.58. The minimum atomic E-state index is 0.525. The monoisotopic (exact) mass is 285 g/mol. The van der Waals surface area contributed by atoms with E-state index in [-0.39, 0.29) is 0 Å². The summed E-state index contributed by atoms with van der Waals surface area (Å²) in [6.07, 6.45) is 3.36. The predicted molar refractivity (Wildman–Crippen MR) is 78.8 cm³/mol. The number of ether oxygens (including phenoxy) is 2. The van der Waals surface area contributed by atoms with Crippen molar-refractivity contribution < 1.29 is 9.47 Å². The zero-order valence-corrected chi connectivity index (χ0v) is 11.5. The molecular weight excluding hydrogens is 270 g/mol. The molecule has 0 aliphatic carbocycles. The molecule has 2 aromatic heterocycles. The molecule has 0 saturated heterocycles. The third-order valence-corrected chi connectivity index (χ3v) is 2.86. The topological polar surface area (TPSA) is 85.0 Å². The van der Waals surface area contributed by atoms with Gasteiger partial charge >= 0.3 is 0 Å². The zero-order valence-electron chi connectivity index (χ0n) is 11.5. The highest BCUT2D eigenvalue weighted by atomic mass is 16.5. The summed E-state index contributed by atoms with van der Waals surface area (Å²) < 4.78 is 10.4. The fraction of sp³-hybridized carbons (Fsp3) is 0.214. The van der Waals surface area contributed by atoms with Crippen LogP contribution < -0.4 is 10.1 Å². The van der Waals surface area contributed by atoms with Gasteiger partial charge < -0.3 is 14.8 Å². The number of nitrogens with zero attached hydrogens (tertiary/aromatic N) is 3. The van der Waals surface area contributed by atoms with E-state index < -0.39 is 0 Å². The minimum absolute atomic E-state index is 0.525. The van der Waals surface area contributed by atoms with Gasteiger partial charge in [-0.15, -0.1) is 0 Å². The average molecular weight is 285 g/mol. The highest BCUT2D eigenvalue weighted by Gasteiger charge is 2.02. The number of hydrogen-bond acceptors (Lipinski definition) is 6. The van der Waals surface area contributed by atoms with E-state index >= 15 is 0 Å². The first kappa shape index (κ1) is 13.3. The number of nitrogens with one attached hydrogen (secondary N) is 2. The van der Waals surface area contributed by atoms with E-state index in [2.05, 4.69) is 25.5 Å². The molecule has 0 amide bonds. The fourth-order valence-electron chi connectivity index (χ4n) is 1.81. The molecular formula is C14H15N5O2. The third-order valence-electron chi connectivity index (χ3n) is 2.86. The molecule has 3 rings (SSSR count). The summed E-state index contributed by atoms with van der Waals surface area (Å²) in [6.45, 7) is 1.10. The van der Waals surface area contributed by atoms with Crippen LogP contribution in [0.1, 0.15) is 0 Å². The molecule has 21 heavy (non-hydrogen) atoms. The van der Waals surface area contributed by atoms with Gasteiger partial charge in [0.25, 0.3) is 0 Å². The molecule has 0 aliphatic heterocycles. The standard InChI is InChI=1S/C14H15N5O2/c1-20-6-7-21-11-4-2-10(3-5-11)17-14-15-8-13-12(18-14)9-16-19-13/h2-5,8-9H,6-7H2,1H3,(H,16,19)(H,15,17,18). The lowest BCUT2D eigenvalue weighted by molar-refractivity contribution is 0.146. The quantitative estimate of drug-likeness (QED) is 0.675. The van der Waals surface area contributed by atoms with Crippen molar-refractivity contribution in [1.82, 2.24) is 20.2 Å². The van der Waals surface area contributed by atoms with Gasteiger partial charge in [-0.3, -0.25) is 5.10 Å². The molecule has 0 radical (unpaired) electrons. The maximum atomic E-state index is 5.50. The summed E-state index contributed by atoms with van der Waals surface area (Å²) in [7, 11) is 1.65. The van der Waals surface area contributed by atoms with E-state index in [9.17, 15) is 0 Å². The van der Waals surface area contributed by atoms with Crippen LogP contribution >= 0.6 is 0 Å². The first-order valence-electron chi connectivity index (χ1n) is 6.50. The molecule has 1 aromatic carbocycles. The van der Waals surface area contributed by atoms with Crippen LogP contribution in [0.3, 0.4) is 0 Å². The Bertz CT molecular complexity index is 711. The summed E-state index contributed by atoms with van der Waals surface area (Å²) in [5.74, 6) is 1.32. The molecule has 0 saturated carbocycles. The van der Waals surface area contributed by atoms with Gasteiger partial charge in [0.1, 0.15) is 23.4 Å². The van der Waals surface area contributed by atoms with Crippen molar-refractivity contribution in [2.24, 2.45) is 0 Å². The summed E-state index contributed by atoms with van der Waals surface area (Å²) in [4.78, 5) is 8.57. The van der Waals surface area contributed by atoms with E-state index in [1.807, 2.05) is 24.3 Å². The van der Waals surface area contributed by atoms with Crippen LogP contribution in [0.4, 0.5) is 11.6 Å². The van der Waals surface area contributed by atoms with Gasteiger partial charge in [-0.05, 0) is 24.3 Å². The van der Waals surface area contributed by atoms with E-state index in [0.717, 1.165) is 22.5 Å². The predicted octanol–water partition coefficient (Wildman–Crippen LogP) is 2.12. The number of methoxy groups -OCH3 is 1. The molecule has 0 bridgehead atoms. The Labute approximate surface area is 121 Å². The largest absolute Gasteiger partial charge is 0.491 e. The number of fused-ring (bicyclic) bond motifs is 1. The van der Waals surface area contributed by atoms with E-state index in [1.54, 1.807) is 19.5 Å². The van der Waals surface area contributed by atoms with Crippen molar-refractivity contribution in [2.45, 2.75) is 0 Å². The second kappa shape index (κ2) is 6.19. The number of benzene rings is 1. The second-order valence-corrected chi connectivity index (χ2v) is 4.35. The van der Waals surface area contributed by atoms with Crippen molar-refractivity contribution in [3.05, 3.63) is 36.7 Å². The number of hydrogen-bond donors (Lipinski definition) is 2. The molecule has 108 valence electrons. The summed E-state index contributed by atoms with van der Waals surface area (Å²) in [5.41, 5.74) is 2.46. The molecule has 2 N–H and O–H groups in total. The van der Waals surface area contributed by atoms with Crippen molar-refractivity contribution in [3.63, 3.8) is 0 Å². The number of H-pyrrole nitrogens is 1. The maximum absolute atomic E-state index is 5.50. The lowest BCUT2D eigenvalue weighted by atomic mass is 10.3. The number of anilines is 2. The molecule has 3 aromatic rings. The lowest BCUT2D eigenvalue weighted by Gasteiger charge is -2.07. The molecule has 0 spiro atoms. The normalized spacial score (nSPS) is 10.7. The Kier molecular flexibility index (Phi) is 3.92. The Morgan fingerprint density at radius 2 is 2.00 bits per heavy atom. The van der Waals surface area contributed by atoms with Gasteiger partial charge in [-0.1, -0.05) is 0 Å². The average Bonchev–Trinajstić information content (AvgIpc) is 2.97. The van der Waals surface area contributed by atoms with Crippen LogP contribution in [-0.2, 0) is 4.74 Å². The smallest absolute Gasteiger partial charge is 0.227 e. The van der Waals surface area contributed by atoms with Crippen molar-refractivity contribution in [2.75, 3.05) is 25.6 Å². The molecule has 0 atom stereocenters. The minimum Gasteiger partial charge on any atom is -0.491 e. The van der Waals surface area contributed by atoms with Gasteiger partial charge in [-0.25, -0.2) is 9.97 Å². The molecule has 2 heterocycles. The number of aromatic nitrogens is 4. The first-order valence-corrected chi connectivity index (χ1v) is 6.50. The third kappa shape index (κ3) is 3.26. The van der Waals surface area contributed by atoms with Crippen LogP contribution in [0.25, 0.3) is 11.0 Å². The number of aromatic amines is 1. The van der Waals surface area contributed by atoms with Gasteiger partial charge in [0.2, 0.25) is 5.95 Å². The van der Waals surface area contributed by atoms with Crippen molar-refractivity contribution in [1.29, 1.82) is 0 Å². The Hall–Kier alpha value is -2.67. The van der Waals surface area contributed by atoms with Crippen LogP contribution in [0.2, 0.25) is 0 Å². The van der Waals surface area contributed by atoms with Gasteiger partial charge in [0, 0.05) is 12.8 Å². The lowest BCUT2D eigenvalue weighted by Crippen LogP contribution is -2.04. The first-order chi connectivity index (χ1) is 10.3. The van der Waals surface area contributed by atoms with Crippen LogP contribution in [-0.4, -0.2) is 40.5 Å². The molecule has 7 nitrogen and oxygen atoms in total. The molecule has 0 fully saturated rings. The van der Waals surface area contributed by atoms with Gasteiger partial charge in [0.15, 0.2) is 0 Å². The van der Waals surface area contributed by atoms with Crippen LogP contribution in [0.15, 0.2) is 36.7 Å². The SMILES string of the molecule is COCCOc1ccc(Nc2ncc3[nH]ncc3n2)cc1. The van der Waals surface area contributed by atoms with E-state index in [0.29, 0.717) is 19.2 Å². The van der Waals surface area contributed by atoms with Crippen molar-refractivity contribution >= 4 is 22.7 Å². The Morgan fingerprint density at radius 3 is 2.81 bits per heavy atom.